The zero-order chi connectivity index (χ0) is 15.2. The lowest BCUT2D eigenvalue weighted by Crippen LogP contribution is -2.38. The Balaban J connectivity index is 2.02. The summed E-state index contributed by atoms with van der Waals surface area (Å²) in [5.74, 6) is 0.211. The van der Waals surface area contributed by atoms with Crippen molar-refractivity contribution in [1.82, 2.24) is 25.5 Å². The van der Waals surface area contributed by atoms with Crippen molar-refractivity contribution in [3.63, 3.8) is 0 Å². The highest BCUT2D eigenvalue weighted by Gasteiger charge is 2.14. The first-order chi connectivity index (χ1) is 10.1. The van der Waals surface area contributed by atoms with E-state index in [1.54, 1.807) is 24.3 Å². The van der Waals surface area contributed by atoms with Crippen LogP contribution in [0.3, 0.4) is 0 Å². The van der Waals surface area contributed by atoms with Crippen molar-refractivity contribution in [3.8, 4) is 5.69 Å². The predicted octanol–water partition coefficient (Wildman–Crippen LogP) is 0.799. The van der Waals surface area contributed by atoms with Gasteiger partial charge in [0.05, 0.1) is 18.3 Å². The van der Waals surface area contributed by atoms with Gasteiger partial charge >= 0.3 is 0 Å². The van der Waals surface area contributed by atoms with Crippen LogP contribution in [0.4, 0.5) is 0 Å². The highest BCUT2D eigenvalue weighted by Crippen LogP contribution is 2.09. The number of tetrazole rings is 1. The van der Waals surface area contributed by atoms with Crippen LogP contribution in [0.5, 0.6) is 0 Å². The number of rotatable bonds is 6. The molecular formula is C14H19N5O2. The SMILES string of the molecule is CC(C)CC(CO)NC(=O)c1ccc(-n2cnnn2)cc1. The monoisotopic (exact) mass is 289 g/mol. The number of carbonyl (C=O) groups is 1. The largest absolute Gasteiger partial charge is 0.394 e. The third-order valence-electron chi connectivity index (χ3n) is 3.05. The Kier molecular flexibility index (Phi) is 4.99. The van der Waals surface area contributed by atoms with Crippen molar-refractivity contribution in [1.29, 1.82) is 0 Å². The Morgan fingerprint density at radius 2 is 2.05 bits per heavy atom. The van der Waals surface area contributed by atoms with Crippen LogP contribution in [-0.2, 0) is 0 Å². The molecule has 1 aromatic carbocycles. The van der Waals surface area contributed by atoms with E-state index in [4.69, 9.17) is 0 Å². The number of hydrogen-bond donors (Lipinski definition) is 2. The second kappa shape index (κ2) is 6.94. The van der Waals surface area contributed by atoms with Crippen molar-refractivity contribution in [2.75, 3.05) is 6.61 Å². The maximum Gasteiger partial charge on any atom is 0.251 e. The summed E-state index contributed by atoms with van der Waals surface area (Å²) >= 11 is 0. The molecule has 0 aliphatic rings. The van der Waals surface area contributed by atoms with E-state index >= 15 is 0 Å². The van der Waals surface area contributed by atoms with Crippen LogP contribution < -0.4 is 5.32 Å². The van der Waals surface area contributed by atoms with E-state index in [0.29, 0.717) is 11.5 Å². The minimum Gasteiger partial charge on any atom is -0.394 e. The summed E-state index contributed by atoms with van der Waals surface area (Å²) < 4.78 is 1.51. The van der Waals surface area contributed by atoms with Crippen LogP contribution >= 0.6 is 0 Å². The molecule has 1 heterocycles. The number of benzene rings is 1. The number of aliphatic hydroxyl groups is 1. The fourth-order valence-electron chi connectivity index (χ4n) is 2.06. The van der Waals surface area contributed by atoms with Gasteiger partial charge in [-0.1, -0.05) is 13.8 Å². The van der Waals surface area contributed by atoms with E-state index in [-0.39, 0.29) is 18.6 Å². The van der Waals surface area contributed by atoms with Crippen molar-refractivity contribution in [2.24, 2.45) is 5.92 Å². The van der Waals surface area contributed by atoms with Crippen molar-refractivity contribution < 1.29 is 9.90 Å². The Hall–Kier alpha value is -2.28. The third-order valence-corrected chi connectivity index (χ3v) is 3.05. The Labute approximate surface area is 123 Å². The molecule has 1 unspecified atom stereocenters. The molecule has 7 heteroatoms. The lowest BCUT2D eigenvalue weighted by molar-refractivity contribution is 0.0908. The number of carbonyl (C=O) groups excluding carboxylic acids is 1. The van der Waals surface area contributed by atoms with Crippen LogP contribution in [0.1, 0.15) is 30.6 Å². The van der Waals surface area contributed by atoms with E-state index in [0.717, 1.165) is 12.1 Å². The van der Waals surface area contributed by atoms with Gasteiger partial charge in [-0.15, -0.1) is 5.10 Å². The standard InChI is InChI=1S/C14H19N5O2/c1-10(2)7-12(8-20)16-14(21)11-3-5-13(6-4-11)19-9-15-17-18-19/h3-6,9-10,12,20H,7-8H2,1-2H3,(H,16,21). The Morgan fingerprint density at radius 3 is 2.57 bits per heavy atom. The predicted molar refractivity (Wildman–Crippen MR) is 76.9 cm³/mol. The highest BCUT2D eigenvalue weighted by molar-refractivity contribution is 5.94. The molecule has 0 bridgehead atoms. The number of aromatic nitrogens is 4. The van der Waals surface area contributed by atoms with Gasteiger partial charge in [0.2, 0.25) is 0 Å². The molecular weight excluding hydrogens is 270 g/mol. The molecule has 0 aliphatic heterocycles. The zero-order valence-electron chi connectivity index (χ0n) is 12.1. The van der Waals surface area contributed by atoms with E-state index in [2.05, 4.69) is 34.7 Å². The van der Waals surface area contributed by atoms with E-state index in [9.17, 15) is 9.90 Å². The van der Waals surface area contributed by atoms with Gasteiger partial charge in [0.25, 0.3) is 5.91 Å². The van der Waals surface area contributed by atoms with E-state index in [1.165, 1.54) is 11.0 Å². The van der Waals surface area contributed by atoms with Gasteiger partial charge in [-0.05, 0) is 47.0 Å². The number of hydrogen-bond acceptors (Lipinski definition) is 5. The number of aliphatic hydroxyl groups excluding tert-OH is 1. The smallest absolute Gasteiger partial charge is 0.251 e. The maximum absolute atomic E-state index is 12.1. The normalized spacial score (nSPS) is 12.4. The number of amides is 1. The fraction of sp³-hybridized carbons (Fsp3) is 0.429. The second-order valence-electron chi connectivity index (χ2n) is 5.28. The molecule has 0 radical (unpaired) electrons. The van der Waals surface area contributed by atoms with E-state index in [1.807, 2.05) is 0 Å². The fourth-order valence-corrected chi connectivity index (χ4v) is 2.06. The number of nitrogens with one attached hydrogen (secondary N) is 1. The van der Waals surface area contributed by atoms with Crippen LogP contribution in [0.15, 0.2) is 30.6 Å². The summed E-state index contributed by atoms with van der Waals surface area (Å²) in [6.45, 7) is 4.04. The van der Waals surface area contributed by atoms with Gasteiger partial charge in [0.15, 0.2) is 0 Å². The number of nitrogens with zero attached hydrogens (tertiary/aromatic N) is 4. The quantitative estimate of drug-likeness (QED) is 0.820. The summed E-state index contributed by atoms with van der Waals surface area (Å²) in [6.07, 6.45) is 2.23. The lowest BCUT2D eigenvalue weighted by atomic mass is 10.0. The molecule has 1 amide bonds. The lowest BCUT2D eigenvalue weighted by Gasteiger charge is -2.18. The molecule has 2 rings (SSSR count). The first kappa shape index (κ1) is 15.1. The average Bonchev–Trinajstić information content (AvgIpc) is 3.00. The molecule has 112 valence electrons. The summed E-state index contributed by atoms with van der Waals surface area (Å²) in [7, 11) is 0. The van der Waals surface area contributed by atoms with Crippen LogP contribution in [0.25, 0.3) is 5.69 Å². The molecule has 0 fully saturated rings. The summed E-state index contributed by atoms with van der Waals surface area (Å²) in [6, 6.07) is 6.71. The maximum atomic E-state index is 12.1. The van der Waals surface area contributed by atoms with Gasteiger partial charge < -0.3 is 10.4 Å². The van der Waals surface area contributed by atoms with Gasteiger partial charge in [-0.25, -0.2) is 4.68 Å². The van der Waals surface area contributed by atoms with Crippen molar-refractivity contribution >= 4 is 5.91 Å². The zero-order valence-corrected chi connectivity index (χ0v) is 12.1. The Bertz CT molecular complexity index is 566. The molecule has 0 saturated heterocycles. The molecule has 2 N–H and O–H groups in total. The van der Waals surface area contributed by atoms with E-state index < -0.39 is 0 Å². The molecule has 7 nitrogen and oxygen atoms in total. The third kappa shape index (κ3) is 4.09. The molecule has 1 aromatic heterocycles. The van der Waals surface area contributed by atoms with Crippen LogP contribution in [0.2, 0.25) is 0 Å². The molecule has 21 heavy (non-hydrogen) atoms. The van der Waals surface area contributed by atoms with Gasteiger partial charge in [-0.2, -0.15) is 0 Å². The minimum atomic E-state index is -0.225. The first-order valence-electron chi connectivity index (χ1n) is 6.85. The van der Waals surface area contributed by atoms with Gasteiger partial charge in [-0.3, -0.25) is 4.79 Å². The molecule has 2 aromatic rings. The summed E-state index contributed by atoms with van der Waals surface area (Å²) in [5.41, 5.74) is 1.31. The van der Waals surface area contributed by atoms with Gasteiger partial charge in [0, 0.05) is 5.56 Å². The highest BCUT2D eigenvalue weighted by atomic mass is 16.3. The average molecular weight is 289 g/mol. The topological polar surface area (TPSA) is 92.9 Å². The minimum absolute atomic E-state index is 0.0629. The molecule has 0 spiro atoms. The summed E-state index contributed by atoms with van der Waals surface area (Å²) in [5, 5.41) is 23.0. The molecule has 0 saturated carbocycles. The van der Waals surface area contributed by atoms with Crippen LogP contribution in [0, 0.1) is 5.92 Å². The van der Waals surface area contributed by atoms with Crippen molar-refractivity contribution in [3.05, 3.63) is 36.2 Å². The molecule has 1 atom stereocenters. The van der Waals surface area contributed by atoms with Gasteiger partial charge in [0.1, 0.15) is 6.33 Å². The summed E-state index contributed by atoms with van der Waals surface area (Å²) in [4.78, 5) is 12.1. The first-order valence-corrected chi connectivity index (χ1v) is 6.85. The van der Waals surface area contributed by atoms with Crippen LogP contribution in [-0.4, -0.2) is 43.9 Å². The van der Waals surface area contributed by atoms with Crippen molar-refractivity contribution in [2.45, 2.75) is 26.3 Å². The second-order valence-corrected chi connectivity index (χ2v) is 5.28. The molecule has 0 aliphatic carbocycles. The Morgan fingerprint density at radius 1 is 1.33 bits per heavy atom.